The first-order chi connectivity index (χ1) is 13.7. The van der Waals surface area contributed by atoms with Crippen molar-refractivity contribution in [2.75, 3.05) is 0 Å². The van der Waals surface area contributed by atoms with Crippen LogP contribution in [0.1, 0.15) is 50.5 Å². The zero-order valence-corrected chi connectivity index (χ0v) is 15.9. The number of amides is 4. The molecule has 2 aliphatic rings. The van der Waals surface area contributed by atoms with E-state index in [9.17, 15) is 27.6 Å². The molecule has 1 aliphatic carbocycles. The van der Waals surface area contributed by atoms with Gasteiger partial charge in [-0.05, 0) is 17.9 Å². The molecule has 4 amide bonds. The molecule has 0 bridgehead atoms. The highest BCUT2D eigenvalue weighted by molar-refractivity contribution is 6.08. The molecule has 2 N–H and O–H groups in total. The Morgan fingerprint density at radius 1 is 1.14 bits per heavy atom. The molecule has 1 aliphatic heterocycles. The number of nitrogens with zero attached hydrogens (tertiary/aromatic N) is 1. The number of rotatable bonds is 6. The van der Waals surface area contributed by atoms with Crippen molar-refractivity contribution >= 4 is 17.8 Å². The second kappa shape index (κ2) is 8.42. The number of alkyl halides is 3. The van der Waals surface area contributed by atoms with E-state index in [1.54, 1.807) is 41.0 Å². The standard InChI is InChI=1S/C20H24F3N3O3/c21-20(22,23)19(24-16(27)12-11-14-7-3-1-4-8-14)17(28)26(18(29)25-19)13-15-9-5-2-6-10-15/h2,5-6,9-10,14H,1,3-4,7-8,11-13H2,(H,24,27)(H,25,29). The van der Waals surface area contributed by atoms with Crippen LogP contribution < -0.4 is 10.6 Å². The molecule has 1 saturated heterocycles. The Kier molecular flexibility index (Phi) is 6.14. The monoisotopic (exact) mass is 411 g/mol. The molecular formula is C20H24F3N3O3. The summed E-state index contributed by atoms with van der Waals surface area (Å²) in [5, 5.41) is 3.46. The number of imide groups is 1. The number of benzene rings is 1. The van der Waals surface area contributed by atoms with Gasteiger partial charge in [-0.3, -0.25) is 19.8 Å². The minimum atomic E-state index is -5.17. The summed E-state index contributed by atoms with van der Waals surface area (Å²) in [4.78, 5) is 37.6. The molecule has 1 atom stereocenters. The highest BCUT2D eigenvalue weighted by Crippen LogP contribution is 2.35. The molecule has 2 fully saturated rings. The first-order valence-electron chi connectivity index (χ1n) is 9.79. The van der Waals surface area contributed by atoms with Crippen molar-refractivity contribution in [2.24, 2.45) is 5.92 Å². The fourth-order valence-electron chi connectivity index (χ4n) is 3.92. The van der Waals surface area contributed by atoms with Gasteiger partial charge in [0.25, 0.3) is 11.6 Å². The average Bonchev–Trinajstić information content (AvgIpc) is 2.93. The van der Waals surface area contributed by atoms with Crippen molar-refractivity contribution < 1.29 is 27.6 Å². The zero-order chi connectivity index (χ0) is 21.1. The minimum Gasteiger partial charge on any atom is -0.318 e. The Bertz CT molecular complexity index is 763. The van der Waals surface area contributed by atoms with Crippen LogP contribution >= 0.6 is 0 Å². The number of hydrogen-bond donors (Lipinski definition) is 2. The van der Waals surface area contributed by atoms with Crippen LogP contribution in [0, 0.1) is 5.92 Å². The van der Waals surface area contributed by atoms with Gasteiger partial charge in [0.2, 0.25) is 5.91 Å². The number of carbonyl (C=O) groups is 3. The Hall–Kier alpha value is -2.58. The maximum absolute atomic E-state index is 13.8. The van der Waals surface area contributed by atoms with Gasteiger partial charge in [0, 0.05) is 6.42 Å². The van der Waals surface area contributed by atoms with E-state index in [0.717, 1.165) is 32.1 Å². The van der Waals surface area contributed by atoms with E-state index in [1.807, 2.05) is 0 Å². The number of halogens is 3. The van der Waals surface area contributed by atoms with Crippen molar-refractivity contribution in [3.63, 3.8) is 0 Å². The Balaban J connectivity index is 1.72. The molecule has 1 unspecified atom stereocenters. The zero-order valence-electron chi connectivity index (χ0n) is 15.9. The normalized spacial score (nSPS) is 23.2. The summed E-state index contributed by atoms with van der Waals surface area (Å²) >= 11 is 0. The van der Waals surface area contributed by atoms with E-state index in [1.165, 1.54) is 0 Å². The average molecular weight is 411 g/mol. The Labute approximate surface area is 166 Å². The van der Waals surface area contributed by atoms with Gasteiger partial charge in [0.05, 0.1) is 6.54 Å². The molecule has 1 aromatic carbocycles. The molecule has 29 heavy (non-hydrogen) atoms. The van der Waals surface area contributed by atoms with Gasteiger partial charge in [0.1, 0.15) is 0 Å². The lowest BCUT2D eigenvalue weighted by Gasteiger charge is -2.30. The maximum atomic E-state index is 13.8. The van der Waals surface area contributed by atoms with E-state index in [2.05, 4.69) is 0 Å². The first-order valence-corrected chi connectivity index (χ1v) is 9.79. The van der Waals surface area contributed by atoms with Gasteiger partial charge in [-0.1, -0.05) is 62.4 Å². The molecule has 1 heterocycles. The predicted octanol–water partition coefficient (Wildman–Crippen LogP) is 3.47. The molecule has 1 aromatic rings. The topological polar surface area (TPSA) is 78.5 Å². The smallest absolute Gasteiger partial charge is 0.318 e. The lowest BCUT2D eigenvalue weighted by molar-refractivity contribution is -0.204. The van der Waals surface area contributed by atoms with Crippen LogP contribution in [0.15, 0.2) is 30.3 Å². The first kappa shape index (κ1) is 21.1. The Morgan fingerprint density at radius 2 is 1.79 bits per heavy atom. The lowest BCUT2D eigenvalue weighted by atomic mass is 9.86. The third-order valence-electron chi connectivity index (χ3n) is 5.55. The summed E-state index contributed by atoms with van der Waals surface area (Å²) < 4.78 is 41.5. The van der Waals surface area contributed by atoms with Crippen LogP contribution in [0.5, 0.6) is 0 Å². The van der Waals surface area contributed by atoms with E-state index in [-0.39, 0.29) is 13.0 Å². The van der Waals surface area contributed by atoms with Crippen LogP contribution in [-0.2, 0) is 16.1 Å². The lowest BCUT2D eigenvalue weighted by Crippen LogP contribution is -2.69. The minimum absolute atomic E-state index is 0.121. The van der Waals surface area contributed by atoms with Crippen LogP contribution in [0.25, 0.3) is 0 Å². The second-order valence-corrected chi connectivity index (χ2v) is 7.65. The molecule has 1 saturated carbocycles. The van der Waals surface area contributed by atoms with Crippen molar-refractivity contribution in [3.05, 3.63) is 35.9 Å². The van der Waals surface area contributed by atoms with Gasteiger partial charge in [-0.2, -0.15) is 13.2 Å². The fraction of sp³-hybridized carbons (Fsp3) is 0.550. The summed E-state index contributed by atoms with van der Waals surface area (Å²) in [6.45, 7) is -0.318. The van der Waals surface area contributed by atoms with E-state index in [0.29, 0.717) is 22.8 Å². The fourth-order valence-corrected chi connectivity index (χ4v) is 3.92. The third kappa shape index (κ3) is 4.54. The summed E-state index contributed by atoms with van der Waals surface area (Å²) in [6, 6.07) is 7.01. The van der Waals surface area contributed by atoms with Crippen molar-refractivity contribution in [1.82, 2.24) is 15.5 Å². The Morgan fingerprint density at radius 3 is 2.41 bits per heavy atom. The van der Waals surface area contributed by atoms with Gasteiger partial charge in [-0.25, -0.2) is 4.79 Å². The van der Waals surface area contributed by atoms with Gasteiger partial charge >= 0.3 is 12.2 Å². The number of carbonyl (C=O) groups excluding carboxylic acids is 3. The third-order valence-corrected chi connectivity index (χ3v) is 5.55. The number of urea groups is 1. The molecule has 3 rings (SSSR count). The van der Waals surface area contributed by atoms with Crippen LogP contribution in [-0.4, -0.2) is 34.6 Å². The van der Waals surface area contributed by atoms with Crippen molar-refractivity contribution in [2.45, 2.75) is 63.3 Å². The van der Waals surface area contributed by atoms with Crippen LogP contribution in [0.4, 0.5) is 18.0 Å². The van der Waals surface area contributed by atoms with Gasteiger partial charge < -0.3 is 5.32 Å². The molecule has 158 valence electrons. The SMILES string of the molecule is O=C(CCC1CCCCC1)NC1(C(F)(F)F)NC(=O)N(Cc2ccccc2)C1=O. The molecular weight excluding hydrogens is 387 g/mol. The maximum Gasteiger partial charge on any atom is 0.440 e. The highest BCUT2D eigenvalue weighted by atomic mass is 19.4. The van der Waals surface area contributed by atoms with E-state index in [4.69, 9.17) is 0 Å². The van der Waals surface area contributed by atoms with Gasteiger partial charge in [0.15, 0.2) is 0 Å². The molecule has 9 heteroatoms. The molecule has 0 aromatic heterocycles. The second-order valence-electron chi connectivity index (χ2n) is 7.65. The van der Waals surface area contributed by atoms with Crippen molar-refractivity contribution in [1.29, 1.82) is 0 Å². The van der Waals surface area contributed by atoms with Crippen molar-refractivity contribution in [3.8, 4) is 0 Å². The van der Waals surface area contributed by atoms with Crippen LogP contribution in [0.2, 0.25) is 0 Å². The largest absolute Gasteiger partial charge is 0.440 e. The highest BCUT2D eigenvalue weighted by Gasteiger charge is 2.68. The predicted molar refractivity (Wildman–Crippen MR) is 98.3 cm³/mol. The number of hydrogen-bond acceptors (Lipinski definition) is 3. The van der Waals surface area contributed by atoms with Gasteiger partial charge in [-0.15, -0.1) is 0 Å². The van der Waals surface area contributed by atoms with E-state index >= 15 is 0 Å². The summed E-state index contributed by atoms with van der Waals surface area (Å²) in [5.41, 5.74) is -2.93. The number of nitrogens with one attached hydrogen (secondary N) is 2. The summed E-state index contributed by atoms with van der Waals surface area (Å²) in [6.07, 6.45) is 0.337. The summed E-state index contributed by atoms with van der Waals surface area (Å²) in [5.74, 6) is -2.12. The van der Waals surface area contributed by atoms with Crippen LogP contribution in [0.3, 0.4) is 0 Å². The molecule has 6 nitrogen and oxygen atoms in total. The van der Waals surface area contributed by atoms with E-state index < -0.39 is 29.7 Å². The molecule has 0 radical (unpaired) electrons. The summed E-state index contributed by atoms with van der Waals surface area (Å²) in [7, 11) is 0. The molecule has 0 spiro atoms. The quantitative estimate of drug-likeness (QED) is 0.704.